The number of amides is 1. The van der Waals surface area contributed by atoms with E-state index in [-0.39, 0.29) is 17.8 Å². The number of hydrogen-bond donors (Lipinski definition) is 0. The number of hydrogen-bond acceptors (Lipinski definition) is 3. The van der Waals surface area contributed by atoms with Crippen LogP contribution in [0, 0.1) is 11.7 Å². The second kappa shape index (κ2) is 8.45. The number of nitrogens with zero attached hydrogens (tertiary/aromatic N) is 3. The van der Waals surface area contributed by atoms with E-state index in [2.05, 4.69) is 5.10 Å². The first-order valence-electron chi connectivity index (χ1n) is 9.07. The van der Waals surface area contributed by atoms with E-state index < -0.39 is 0 Å². The number of carbonyl (C=O) groups is 1. The van der Waals surface area contributed by atoms with Crippen molar-refractivity contribution in [2.24, 2.45) is 13.0 Å². The number of carbonyl (C=O) groups excluding carboxylic acids is 1. The van der Waals surface area contributed by atoms with Crippen LogP contribution in [0.25, 0.3) is 0 Å². The quantitative estimate of drug-likeness (QED) is 0.797. The molecule has 1 aromatic heterocycles. The Labute approximate surface area is 153 Å². The van der Waals surface area contributed by atoms with Crippen molar-refractivity contribution >= 4 is 5.91 Å². The van der Waals surface area contributed by atoms with Gasteiger partial charge in [-0.25, -0.2) is 4.39 Å². The van der Waals surface area contributed by atoms with Crippen LogP contribution in [0.2, 0.25) is 0 Å². The number of aromatic nitrogens is 2. The highest BCUT2D eigenvalue weighted by Crippen LogP contribution is 2.25. The van der Waals surface area contributed by atoms with Crippen molar-refractivity contribution in [3.05, 3.63) is 53.6 Å². The number of piperidine rings is 1. The first-order valence-corrected chi connectivity index (χ1v) is 9.07. The Balaban J connectivity index is 1.54. The van der Waals surface area contributed by atoms with E-state index in [0.29, 0.717) is 25.3 Å². The lowest BCUT2D eigenvalue weighted by Gasteiger charge is -2.38. The topological polar surface area (TPSA) is 47.4 Å². The van der Waals surface area contributed by atoms with Crippen LogP contribution >= 0.6 is 0 Å². The molecule has 3 rings (SSSR count). The third kappa shape index (κ3) is 4.69. The number of aryl methyl sites for hydroxylation is 2. The molecule has 1 aliphatic rings. The van der Waals surface area contributed by atoms with Crippen LogP contribution in [0.1, 0.15) is 24.0 Å². The van der Waals surface area contributed by atoms with Gasteiger partial charge < -0.3 is 9.64 Å². The van der Waals surface area contributed by atoms with Crippen molar-refractivity contribution in [1.82, 2.24) is 14.7 Å². The molecule has 2 heterocycles. The highest BCUT2D eigenvalue weighted by Gasteiger charge is 2.31. The fourth-order valence-corrected chi connectivity index (χ4v) is 3.67. The van der Waals surface area contributed by atoms with Gasteiger partial charge in [-0.2, -0.15) is 5.10 Å². The summed E-state index contributed by atoms with van der Waals surface area (Å²) in [5, 5.41) is 4.13. The van der Waals surface area contributed by atoms with E-state index in [1.165, 1.54) is 6.07 Å². The van der Waals surface area contributed by atoms with E-state index in [1.54, 1.807) is 30.1 Å². The van der Waals surface area contributed by atoms with Gasteiger partial charge in [-0.05, 0) is 48.4 Å². The molecule has 1 aromatic carbocycles. The molecule has 1 saturated heterocycles. The summed E-state index contributed by atoms with van der Waals surface area (Å²) in [6.45, 7) is 1.33. The molecule has 5 nitrogen and oxygen atoms in total. The summed E-state index contributed by atoms with van der Waals surface area (Å²) in [5.41, 5.74) is 2.05. The summed E-state index contributed by atoms with van der Waals surface area (Å²) in [4.78, 5) is 14.4. The zero-order valence-electron chi connectivity index (χ0n) is 15.4. The predicted molar refractivity (Wildman–Crippen MR) is 97.1 cm³/mol. The van der Waals surface area contributed by atoms with Crippen LogP contribution in [0.4, 0.5) is 4.39 Å². The van der Waals surface area contributed by atoms with Crippen molar-refractivity contribution in [1.29, 1.82) is 0 Å². The predicted octanol–water partition coefficient (Wildman–Crippen LogP) is 2.60. The molecule has 0 spiro atoms. The zero-order chi connectivity index (χ0) is 18.5. The van der Waals surface area contributed by atoms with Gasteiger partial charge in [0.15, 0.2) is 0 Å². The van der Waals surface area contributed by atoms with Crippen molar-refractivity contribution in [2.45, 2.75) is 31.8 Å². The normalized spacial score (nSPS) is 20.3. The first-order chi connectivity index (χ1) is 12.5. The molecule has 2 aromatic rings. The van der Waals surface area contributed by atoms with Gasteiger partial charge in [0.25, 0.3) is 0 Å². The van der Waals surface area contributed by atoms with E-state index in [9.17, 15) is 9.18 Å². The molecular formula is C20H26FN3O2. The molecule has 140 valence electrons. The highest BCUT2D eigenvalue weighted by atomic mass is 19.1. The lowest BCUT2D eigenvalue weighted by Crippen LogP contribution is -2.48. The molecular weight excluding hydrogens is 333 g/mol. The van der Waals surface area contributed by atoms with Crippen molar-refractivity contribution in [3.63, 3.8) is 0 Å². The number of ether oxygens (including phenoxy) is 1. The van der Waals surface area contributed by atoms with Crippen LogP contribution in [0.15, 0.2) is 36.7 Å². The Morgan fingerprint density at radius 2 is 2.23 bits per heavy atom. The molecule has 0 unspecified atom stereocenters. The molecule has 1 aliphatic heterocycles. The van der Waals surface area contributed by atoms with E-state index >= 15 is 0 Å². The molecule has 1 fully saturated rings. The third-order valence-corrected chi connectivity index (χ3v) is 5.12. The average molecular weight is 359 g/mol. The SMILES string of the molecule is CO[C@H]1CN(C(=O)CCc2cnn(C)c2)CC[C@@H]1Cc1cccc(F)c1. The van der Waals surface area contributed by atoms with Gasteiger partial charge in [0.2, 0.25) is 5.91 Å². The second-order valence-corrected chi connectivity index (χ2v) is 7.02. The number of methoxy groups -OCH3 is 1. The maximum atomic E-state index is 13.4. The summed E-state index contributed by atoms with van der Waals surface area (Å²) < 4.78 is 20.8. The molecule has 6 heteroatoms. The molecule has 1 amide bonds. The minimum absolute atomic E-state index is 0.0191. The standard InChI is InChI=1S/C20H26FN3O2/c1-23-13-16(12-22-23)6-7-20(25)24-9-8-17(19(14-24)26-2)10-15-4-3-5-18(21)11-15/h3-5,11-13,17,19H,6-10,14H2,1-2H3/t17-,19+/m1/s1. The summed E-state index contributed by atoms with van der Waals surface area (Å²) in [6, 6.07) is 6.73. The molecule has 2 atom stereocenters. The minimum atomic E-state index is -0.209. The minimum Gasteiger partial charge on any atom is -0.379 e. The molecule has 0 N–H and O–H groups in total. The van der Waals surface area contributed by atoms with Crippen LogP contribution in [-0.2, 0) is 29.4 Å². The first kappa shape index (κ1) is 18.6. The monoisotopic (exact) mass is 359 g/mol. The van der Waals surface area contributed by atoms with Crippen molar-refractivity contribution in [3.8, 4) is 0 Å². The van der Waals surface area contributed by atoms with Gasteiger partial charge in [-0.15, -0.1) is 0 Å². The maximum Gasteiger partial charge on any atom is 0.222 e. The van der Waals surface area contributed by atoms with E-state index in [0.717, 1.165) is 30.5 Å². The number of rotatable bonds is 6. The molecule has 0 radical (unpaired) electrons. The van der Waals surface area contributed by atoms with E-state index in [4.69, 9.17) is 4.74 Å². The van der Waals surface area contributed by atoms with E-state index in [1.807, 2.05) is 24.2 Å². The fourth-order valence-electron chi connectivity index (χ4n) is 3.67. The van der Waals surface area contributed by atoms with Gasteiger partial charge >= 0.3 is 0 Å². The molecule has 26 heavy (non-hydrogen) atoms. The molecule has 0 saturated carbocycles. The summed E-state index contributed by atoms with van der Waals surface area (Å²) in [7, 11) is 3.56. The summed E-state index contributed by atoms with van der Waals surface area (Å²) in [5.74, 6) is 0.240. The Bertz CT molecular complexity index is 746. The van der Waals surface area contributed by atoms with Crippen LogP contribution in [-0.4, -0.2) is 46.9 Å². The lowest BCUT2D eigenvalue weighted by molar-refractivity contribution is -0.136. The Morgan fingerprint density at radius 3 is 2.92 bits per heavy atom. The van der Waals surface area contributed by atoms with Crippen molar-refractivity contribution in [2.75, 3.05) is 20.2 Å². The summed E-state index contributed by atoms with van der Waals surface area (Å²) >= 11 is 0. The van der Waals surface area contributed by atoms with Gasteiger partial charge in [-0.3, -0.25) is 9.48 Å². The van der Waals surface area contributed by atoms with Gasteiger partial charge in [-0.1, -0.05) is 12.1 Å². The average Bonchev–Trinajstić information content (AvgIpc) is 3.05. The second-order valence-electron chi connectivity index (χ2n) is 7.02. The van der Waals surface area contributed by atoms with Crippen molar-refractivity contribution < 1.29 is 13.9 Å². The van der Waals surface area contributed by atoms with Crippen LogP contribution in [0.5, 0.6) is 0 Å². The Hall–Kier alpha value is -2.21. The number of halogens is 1. The van der Waals surface area contributed by atoms with Gasteiger partial charge in [0.05, 0.1) is 12.3 Å². The van der Waals surface area contributed by atoms with Gasteiger partial charge in [0, 0.05) is 39.9 Å². The maximum absolute atomic E-state index is 13.4. The van der Waals surface area contributed by atoms with Gasteiger partial charge in [0.1, 0.15) is 5.82 Å². The zero-order valence-corrected chi connectivity index (χ0v) is 15.4. The summed E-state index contributed by atoms with van der Waals surface area (Å²) in [6.07, 6.45) is 6.55. The fraction of sp³-hybridized carbons (Fsp3) is 0.500. The Kier molecular flexibility index (Phi) is 6.04. The smallest absolute Gasteiger partial charge is 0.222 e. The molecule has 0 bridgehead atoms. The highest BCUT2D eigenvalue weighted by molar-refractivity contribution is 5.76. The van der Waals surface area contributed by atoms with Crippen LogP contribution in [0.3, 0.4) is 0 Å². The van der Waals surface area contributed by atoms with Crippen LogP contribution < -0.4 is 0 Å². The number of likely N-dealkylation sites (tertiary alicyclic amines) is 1. The lowest BCUT2D eigenvalue weighted by atomic mass is 9.87. The number of benzene rings is 1. The molecule has 0 aliphatic carbocycles. The largest absolute Gasteiger partial charge is 0.379 e. The Morgan fingerprint density at radius 1 is 1.38 bits per heavy atom. The third-order valence-electron chi connectivity index (χ3n) is 5.12.